The van der Waals surface area contributed by atoms with Gasteiger partial charge in [0, 0.05) is 11.4 Å². The molecular formula is C8H8ClF2NO2. The first-order valence-corrected chi connectivity index (χ1v) is 4.33. The number of H-pyrrole nitrogens is 1. The van der Waals surface area contributed by atoms with Crippen LogP contribution in [0.15, 0.2) is 10.9 Å². The van der Waals surface area contributed by atoms with E-state index in [4.69, 9.17) is 16.7 Å². The van der Waals surface area contributed by atoms with Gasteiger partial charge in [-0.05, 0) is 11.6 Å². The zero-order chi connectivity index (χ0) is 10.7. The summed E-state index contributed by atoms with van der Waals surface area (Å²) in [6, 6.07) is 1.19. The van der Waals surface area contributed by atoms with Gasteiger partial charge >= 0.3 is 0 Å². The van der Waals surface area contributed by atoms with Crippen LogP contribution in [0.25, 0.3) is 0 Å². The van der Waals surface area contributed by atoms with Crippen molar-refractivity contribution in [1.29, 1.82) is 0 Å². The Morgan fingerprint density at radius 3 is 2.57 bits per heavy atom. The molecule has 2 N–H and O–H groups in total. The first-order chi connectivity index (χ1) is 6.60. The lowest BCUT2D eigenvalue weighted by Crippen LogP contribution is -2.16. The van der Waals surface area contributed by atoms with Crippen LogP contribution in [-0.4, -0.2) is 10.1 Å². The fourth-order valence-corrected chi connectivity index (χ4v) is 1.28. The lowest BCUT2D eigenvalue weighted by Gasteiger charge is -2.06. The summed E-state index contributed by atoms with van der Waals surface area (Å²) in [6.07, 6.45) is -2.77. The Balaban J connectivity index is 3.32. The minimum absolute atomic E-state index is 0.0325. The number of hydrogen-bond acceptors (Lipinski definition) is 2. The second-order valence-corrected chi connectivity index (χ2v) is 2.92. The number of aliphatic hydroxyl groups is 1. The average Bonchev–Trinajstić information content (AvgIpc) is 2.17. The predicted molar refractivity (Wildman–Crippen MR) is 47.5 cm³/mol. The maximum absolute atomic E-state index is 12.3. The molecule has 1 heterocycles. The zero-order valence-electron chi connectivity index (χ0n) is 7.06. The largest absolute Gasteiger partial charge is 0.391 e. The van der Waals surface area contributed by atoms with Crippen molar-refractivity contribution in [2.45, 2.75) is 18.9 Å². The number of rotatable bonds is 3. The Labute approximate surface area is 83.3 Å². The summed E-state index contributed by atoms with van der Waals surface area (Å²) in [7, 11) is 0. The van der Waals surface area contributed by atoms with Gasteiger partial charge in [-0.2, -0.15) is 0 Å². The van der Waals surface area contributed by atoms with Crippen molar-refractivity contribution in [1.82, 2.24) is 4.98 Å². The van der Waals surface area contributed by atoms with E-state index in [0.717, 1.165) is 0 Å². The summed E-state index contributed by atoms with van der Waals surface area (Å²) in [5, 5.41) is 8.72. The third-order valence-electron chi connectivity index (χ3n) is 1.77. The maximum Gasteiger partial charge on any atom is 0.278 e. The van der Waals surface area contributed by atoms with E-state index in [-0.39, 0.29) is 17.0 Å². The van der Waals surface area contributed by atoms with Gasteiger partial charge in [0.05, 0.1) is 12.3 Å². The molecule has 78 valence electrons. The third-order valence-corrected chi connectivity index (χ3v) is 2.05. The molecule has 0 aliphatic rings. The van der Waals surface area contributed by atoms with E-state index in [9.17, 15) is 13.6 Å². The van der Waals surface area contributed by atoms with Crippen molar-refractivity contribution in [2.24, 2.45) is 0 Å². The molecule has 1 aromatic heterocycles. The Hall–Kier alpha value is -0.940. The molecule has 3 nitrogen and oxygen atoms in total. The van der Waals surface area contributed by atoms with Gasteiger partial charge in [-0.1, -0.05) is 0 Å². The van der Waals surface area contributed by atoms with E-state index < -0.39 is 24.3 Å². The molecular weight excluding hydrogens is 216 g/mol. The molecule has 1 aromatic rings. The van der Waals surface area contributed by atoms with E-state index in [0.29, 0.717) is 0 Å². The minimum atomic E-state index is -2.77. The van der Waals surface area contributed by atoms with Crippen molar-refractivity contribution >= 4 is 11.6 Å². The highest BCUT2D eigenvalue weighted by atomic mass is 35.5. The van der Waals surface area contributed by atoms with E-state index in [1.165, 1.54) is 6.07 Å². The van der Waals surface area contributed by atoms with Crippen molar-refractivity contribution in [3.8, 4) is 0 Å². The molecule has 0 fully saturated rings. The number of halogens is 3. The van der Waals surface area contributed by atoms with Crippen LogP contribution in [0.2, 0.25) is 0 Å². The quantitative estimate of drug-likeness (QED) is 0.764. The molecule has 0 atom stereocenters. The molecule has 14 heavy (non-hydrogen) atoms. The monoisotopic (exact) mass is 223 g/mol. The van der Waals surface area contributed by atoms with Gasteiger partial charge in [0.2, 0.25) is 0 Å². The number of aromatic amines is 1. The summed E-state index contributed by atoms with van der Waals surface area (Å²) in [6.45, 7) is -0.497. The SMILES string of the molecule is O=c1[nH]c(C(F)F)c(CCl)cc1CO. The van der Waals surface area contributed by atoms with Crippen molar-refractivity contribution < 1.29 is 13.9 Å². The van der Waals surface area contributed by atoms with Crippen molar-refractivity contribution in [3.63, 3.8) is 0 Å². The smallest absolute Gasteiger partial charge is 0.278 e. The zero-order valence-corrected chi connectivity index (χ0v) is 7.81. The topological polar surface area (TPSA) is 53.1 Å². The van der Waals surface area contributed by atoms with Crippen LogP contribution >= 0.6 is 11.6 Å². The third kappa shape index (κ3) is 2.10. The van der Waals surface area contributed by atoms with Crippen LogP contribution in [0.3, 0.4) is 0 Å². The molecule has 0 spiro atoms. The molecule has 0 saturated carbocycles. The number of hydrogen-bond donors (Lipinski definition) is 2. The van der Waals surface area contributed by atoms with Gasteiger partial charge in [0.15, 0.2) is 0 Å². The summed E-state index contributed by atoms with van der Waals surface area (Å²) < 4.78 is 24.7. The fourth-order valence-electron chi connectivity index (χ4n) is 1.06. The molecule has 0 aliphatic carbocycles. The number of alkyl halides is 3. The molecule has 1 rings (SSSR count). The van der Waals surface area contributed by atoms with Gasteiger partial charge in [0.25, 0.3) is 12.0 Å². The Kier molecular flexibility index (Phi) is 3.60. The molecule has 0 bridgehead atoms. The molecule has 6 heteroatoms. The molecule has 0 unspecified atom stereocenters. The second kappa shape index (κ2) is 4.52. The van der Waals surface area contributed by atoms with Gasteiger partial charge in [-0.15, -0.1) is 11.6 Å². The number of pyridine rings is 1. The molecule has 0 amide bonds. The molecule has 0 saturated heterocycles. The Morgan fingerprint density at radius 1 is 1.50 bits per heavy atom. The van der Waals surface area contributed by atoms with Crippen LogP contribution in [-0.2, 0) is 12.5 Å². The van der Waals surface area contributed by atoms with E-state index in [1.807, 2.05) is 4.98 Å². The predicted octanol–water partition coefficient (Wildman–Crippen LogP) is 1.54. The van der Waals surface area contributed by atoms with Crippen molar-refractivity contribution in [3.05, 3.63) is 33.2 Å². The fraction of sp³-hybridized carbons (Fsp3) is 0.375. The lowest BCUT2D eigenvalue weighted by atomic mass is 10.1. The van der Waals surface area contributed by atoms with Gasteiger partial charge in [-0.3, -0.25) is 4.79 Å². The number of aromatic nitrogens is 1. The van der Waals surface area contributed by atoms with Crippen LogP contribution < -0.4 is 5.56 Å². The highest BCUT2D eigenvalue weighted by molar-refractivity contribution is 6.17. The summed E-state index contributed by atoms with van der Waals surface area (Å²) >= 11 is 5.42. The van der Waals surface area contributed by atoms with Gasteiger partial charge < -0.3 is 10.1 Å². The second-order valence-electron chi connectivity index (χ2n) is 2.66. The normalized spacial score (nSPS) is 10.9. The lowest BCUT2D eigenvalue weighted by molar-refractivity contribution is 0.144. The standard InChI is InChI=1S/C8H8ClF2NO2/c9-2-4-1-5(3-13)8(14)12-6(4)7(10)11/h1,7,13H,2-3H2,(H,12,14). The van der Waals surface area contributed by atoms with Gasteiger partial charge in [0.1, 0.15) is 0 Å². The summed E-state index contributed by atoms with van der Waals surface area (Å²) in [4.78, 5) is 13.0. The first-order valence-electron chi connectivity index (χ1n) is 3.80. The van der Waals surface area contributed by atoms with E-state index >= 15 is 0 Å². The van der Waals surface area contributed by atoms with Crippen LogP contribution in [0, 0.1) is 0 Å². The Bertz CT molecular complexity index is 378. The van der Waals surface area contributed by atoms with Crippen LogP contribution in [0.4, 0.5) is 8.78 Å². The molecule has 0 aromatic carbocycles. The minimum Gasteiger partial charge on any atom is -0.391 e. The van der Waals surface area contributed by atoms with Crippen LogP contribution in [0.5, 0.6) is 0 Å². The van der Waals surface area contributed by atoms with Crippen molar-refractivity contribution in [2.75, 3.05) is 0 Å². The van der Waals surface area contributed by atoms with E-state index in [1.54, 1.807) is 0 Å². The number of nitrogens with one attached hydrogen (secondary N) is 1. The Morgan fingerprint density at radius 2 is 2.14 bits per heavy atom. The number of aliphatic hydroxyl groups excluding tert-OH is 1. The van der Waals surface area contributed by atoms with Crippen LogP contribution in [0.1, 0.15) is 23.2 Å². The molecule has 0 radical (unpaired) electrons. The average molecular weight is 224 g/mol. The maximum atomic E-state index is 12.3. The highest BCUT2D eigenvalue weighted by Crippen LogP contribution is 2.21. The first kappa shape index (κ1) is 11.1. The molecule has 0 aliphatic heterocycles. The van der Waals surface area contributed by atoms with E-state index in [2.05, 4.69) is 0 Å². The van der Waals surface area contributed by atoms with Gasteiger partial charge in [-0.25, -0.2) is 8.78 Å². The summed E-state index contributed by atoms with van der Waals surface area (Å²) in [5.41, 5.74) is -1.03. The summed E-state index contributed by atoms with van der Waals surface area (Å²) in [5.74, 6) is -0.135. The highest BCUT2D eigenvalue weighted by Gasteiger charge is 2.15.